The number of aromatic nitrogens is 4. The molecule has 3 aromatic rings. The Bertz CT molecular complexity index is 1620. The van der Waals surface area contributed by atoms with E-state index in [2.05, 4.69) is 40.2 Å². The van der Waals surface area contributed by atoms with Gasteiger partial charge in [0.1, 0.15) is 35.7 Å². The maximum atomic E-state index is 13.3. The fraction of sp³-hybridized carbons (Fsp3) is 0.448. The number of amides is 1. The Hall–Kier alpha value is -5.59. The molecule has 262 valence electrons. The molecule has 1 saturated heterocycles. The lowest BCUT2D eigenvalue weighted by Gasteiger charge is -2.28. The van der Waals surface area contributed by atoms with Crippen LogP contribution in [0.5, 0.6) is 5.75 Å². The van der Waals surface area contributed by atoms with Gasteiger partial charge in [0.15, 0.2) is 0 Å². The summed E-state index contributed by atoms with van der Waals surface area (Å²) < 4.78 is 5.22. The molecule has 0 saturated carbocycles. The van der Waals surface area contributed by atoms with Crippen molar-refractivity contribution in [3.8, 4) is 5.75 Å². The first-order valence-electron chi connectivity index (χ1n) is 15.1. The van der Waals surface area contributed by atoms with E-state index >= 15 is 0 Å². The van der Waals surface area contributed by atoms with Crippen molar-refractivity contribution in [3.63, 3.8) is 0 Å². The predicted octanol–water partition coefficient (Wildman–Crippen LogP) is 3.10. The fourth-order valence-electron chi connectivity index (χ4n) is 5.33. The number of ether oxygens (including phenoxy) is 1. The summed E-state index contributed by atoms with van der Waals surface area (Å²) in [6, 6.07) is 6.57. The van der Waals surface area contributed by atoms with Crippen LogP contribution in [0.15, 0.2) is 42.9 Å². The van der Waals surface area contributed by atoms with Crippen molar-refractivity contribution >= 4 is 35.2 Å². The summed E-state index contributed by atoms with van der Waals surface area (Å²) in [6.07, 6.45) is 4.38. The number of nitrogens with zero attached hydrogens (tertiary/aromatic N) is 7. The minimum Gasteiger partial charge on any atom is -0.495 e. The number of carbonyl (C=O) groups is 2. The van der Waals surface area contributed by atoms with E-state index in [0.29, 0.717) is 36.0 Å². The van der Waals surface area contributed by atoms with Crippen LogP contribution in [0.4, 0.5) is 11.8 Å². The van der Waals surface area contributed by atoms with E-state index in [1.54, 1.807) is 36.7 Å². The first-order chi connectivity index (χ1) is 23.5. The molecule has 4 rings (SSSR count). The van der Waals surface area contributed by atoms with Crippen LogP contribution in [0.1, 0.15) is 53.8 Å². The van der Waals surface area contributed by atoms with Crippen molar-refractivity contribution in [2.75, 3.05) is 30.5 Å². The number of aliphatic carboxylic acids is 1. The van der Waals surface area contributed by atoms with Gasteiger partial charge in [0.25, 0.3) is 16.1 Å². The van der Waals surface area contributed by atoms with E-state index in [1.165, 1.54) is 13.3 Å². The molecular formula is C29H34ClN9O10. The molecule has 1 fully saturated rings. The molecule has 1 aliphatic rings. The molecule has 1 aromatic carbocycles. The van der Waals surface area contributed by atoms with Gasteiger partial charge in [0, 0.05) is 37.7 Å². The number of methoxy groups -OCH3 is 1. The highest BCUT2D eigenvalue weighted by Crippen LogP contribution is 2.31. The Morgan fingerprint density at radius 2 is 1.92 bits per heavy atom. The molecule has 0 radical (unpaired) electrons. The van der Waals surface area contributed by atoms with Crippen molar-refractivity contribution in [3.05, 3.63) is 85.1 Å². The summed E-state index contributed by atoms with van der Waals surface area (Å²) in [5, 5.41) is 35.5. The third-order valence-corrected chi connectivity index (χ3v) is 8.00. The largest absolute Gasteiger partial charge is 0.495 e. The lowest BCUT2D eigenvalue weighted by molar-refractivity contribution is -0.790. The summed E-state index contributed by atoms with van der Waals surface area (Å²) in [6.45, 7) is 0.0808. The smallest absolute Gasteiger partial charge is 0.306 e. The third-order valence-electron chi connectivity index (χ3n) is 7.70. The summed E-state index contributed by atoms with van der Waals surface area (Å²) >= 11 is 6.30. The molecule has 1 aliphatic heterocycles. The molecule has 1 amide bonds. The van der Waals surface area contributed by atoms with Gasteiger partial charge in [-0.1, -0.05) is 17.7 Å². The second-order valence-electron chi connectivity index (χ2n) is 10.9. The molecule has 3 N–H and O–H groups in total. The van der Waals surface area contributed by atoms with Gasteiger partial charge in [0.2, 0.25) is 5.95 Å². The Kier molecular flexibility index (Phi) is 13.0. The number of hydrogen-bond acceptors (Lipinski definition) is 15. The Labute approximate surface area is 284 Å². The Balaban J connectivity index is 1.52. The predicted molar refractivity (Wildman–Crippen MR) is 171 cm³/mol. The highest BCUT2D eigenvalue weighted by atomic mass is 35.5. The molecular weight excluding hydrogens is 670 g/mol. The van der Waals surface area contributed by atoms with Gasteiger partial charge in [-0.3, -0.25) is 9.59 Å². The molecule has 49 heavy (non-hydrogen) atoms. The number of carboxylic acid groups (broad SMARTS) is 1. The maximum Gasteiger partial charge on any atom is 0.306 e. The van der Waals surface area contributed by atoms with Crippen LogP contribution in [0.25, 0.3) is 0 Å². The van der Waals surface area contributed by atoms with Gasteiger partial charge < -0.3 is 35.1 Å². The van der Waals surface area contributed by atoms with E-state index in [0.717, 1.165) is 5.56 Å². The van der Waals surface area contributed by atoms with E-state index in [9.17, 15) is 34.9 Å². The van der Waals surface area contributed by atoms with E-state index in [1.807, 2.05) is 4.90 Å². The first-order valence-corrected chi connectivity index (χ1v) is 15.5. The number of rotatable bonds is 19. The maximum absolute atomic E-state index is 13.3. The average Bonchev–Trinajstić information content (AvgIpc) is 3.55. The molecule has 19 nitrogen and oxygen atoms in total. The molecule has 1 unspecified atom stereocenters. The molecule has 0 bridgehead atoms. The number of hydrogen-bond donors (Lipinski definition) is 3. The number of anilines is 2. The number of nitrogens with one attached hydrogen (secondary N) is 2. The Morgan fingerprint density at radius 3 is 2.59 bits per heavy atom. The normalized spacial score (nSPS) is 15.1. The van der Waals surface area contributed by atoms with Crippen LogP contribution in [-0.2, 0) is 27.6 Å². The van der Waals surface area contributed by atoms with Crippen LogP contribution < -0.4 is 20.3 Å². The third kappa shape index (κ3) is 10.7. The number of carbonyl (C=O) groups excluding carboxylic acids is 1. The quantitative estimate of drug-likeness (QED) is 0.120. The number of halogens is 1. The minimum atomic E-state index is -1.33. The topological polar surface area (TPSA) is 247 Å². The van der Waals surface area contributed by atoms with Crippen molar-refractivity contribution in [2.24, 2.45) is 5.92 Å². The van der Waals surface area contributed by atoms with Gasteiger partial charge >= 0.3 is 5.97 Å². The second-order valence-corrected chi connectivity index (χ2v) is 11.3. The number of carboxylic acids is 1. The van der Waals surface area contributed by atoms with Crippen LogP contribution in [0, 0.1) is 26.1 Å². The Morgan fingerprint density at radius 1 is 1.14 bits per heavy atom. The zero-order valence-corrected chi connectivity index (χ0v) is 27.0. The van der Waals surface area contributed by atoms with E-state index < -0.39 is 40.7 Å². The second kappa shape index (κ2) is 17.5. The van der Waals surface area contributed by atoms with Crippen LogP contribution in [-0.4, -0.2) is 79.5 Å². The molecule has 3 heterocycles. The van der Waals surface area contributed by atoms with Gasteiger partial charge in [-0.25, -0.2) is 15.0 Å². The van der Waals surface area contributed by atoms with Crippen molar-refractivity contribution in [1.29, 1.82) is 0 Å². The van der Waals surface area contributed by atoms with Gasteiger partial charge in [-0.05, 0) is 55.9 Å². The summed E-state index contributed by atoms with van der Waals surface area (Å²) in [7, 11) is 1.51. The minimum absolute atomic E-state index is 0.0610. The summed E-state index contributed by atoms with van der Waals surface area (Å²) in [5.41, 5.74) is 0.925. The van der Waals surface area contributed by atoms with E-state index in [-0.39, 0.29) is 55.7 Å². The summed E-state index contributed by atoms with van der Waals surface area (Å²) in [4.78, 5) is 74.8. The highest BCUT2D eigenvalue weighted by Gasteiger charge is 2.33. The monoisotopic (exact) mass is 703 g/mol. The van der Waals surface area contributed by atoms with Crippen LogP contribution >= 0.6 is 11.6 Å². The van der Waals surface area contributed by atoms with Crippen LogP contribution in [0.3, 0.4) is 0 Å². The molecule has 2 aromatic heterocycles. The zero-order chi connectivity index (χ0) is 35.3. The van der Waals surface area contributed by atoms with Gasteiger partial charge in [-0.2, -0.15) is 4.98 Å². The molecule has 20 heteroatoms. The zero-order valence-electron chi connectivity index (χ0n) is 26.3. The van der Waals surface area contributed by atoms with Crippen molar-refractivity contribution < 1.29 is 39.3 Å². The number of benzene rings is 1. The fourth-order valence-corrected chi connectivity index (χ4v) is 5.61. The van der Waals surface area contributed by atoms with Gasteiger partial charge in [-0.15, -0.1) is 20.2 Å². The first kappa shape index (κ1) is 36.2. The van der Waals surface area contributed by atoms with E-state index in [4.69, 9.17) is 16.3 Å². The SMILES string of the molecule is COc1ccc(CNc2nc(N3CCC[C@H]3CC(CC[C@@H](CO[N+](=O)[O-])O[N+](=O)[O-])C(=O)O)ncc2C(=O)NCc2ncccn2)cc1Cl. The lowest BCUT2D eigenvalue weighted by atomic mass is 9.92. The van der Waals surface area contributed by atoms with Crippen molar-refractivity contribution in [2.45, 2.75) is 57.3 Å². The standard InChI is InChI=1S/C29H34ClN9O10/c1-47-24-8-5-18(12-23(24)30)14-33-26-22(27(40)34-16-25-31-9-3-10-32-25)15-35-29(36-26)37-11-2-4-20(37)13-19(28(41)42)6-7-21(49-39(45)46)17-48-38(43)44/h3,5,8-10,12,15,19-21H,2,4,6-7,11,13-14,16-17H2,1H3,(H,34,40)(H,41,42)(H,33,35,36)/t19?,20-,21-/m0/s1. The average molecular weight is 704 g/mol. The molecule has 0 spiro atoms. The lowest BCUT2D eigenvalue weighted by Crippen LogP contribution is -2.35. The summed E-state index contributed by atoms with van der Waals surface area (Å²) in [5.74, 6) is -1.20. The molecule has 3 atom stereocenters. The van der Waals surface area contributed by atoms with Gasteiger partial charge in [0.05, 0.1) is 24.6 Å². The van der Waals surface area contributed by atoms with Crippen molar-refractivity contribution in [1.82, 2.24) is 25.3 Å². The highest BCUT2D eigenvalue weighted by molar-refractivity contribution is 6.32. The molecule has 0 aliphatic carbocycles. The van der Waals surface area contributed by atoms with Crippen LogP contribution in [0.2, 0.25) is 5.02 Å².